The van der Waals surface area contributed by atoms with Gasteiger partial charge in [-0.3, -0.25) is 24.1 Å². The van der Waals surface area contributed by atoms with Crippen molar-refractivity contribution in [2.24, 2.45) is 5.73 Å². The second kappa shape index (κ2) is 14.6. The number of amides is 5. The number of carbonyl (C=O) groups is 5. The quantitative estimate of drug-likeness (QED) is 0.246. The van der Waals surface area contributed by atoms with E-state index in [0.717, 1.165) is 26.7 Å². The van der Waals surface area contributed by atoms with Gasteiger partial charge in [0.05, 0.1) is 11.7 Å². The molecule has 5 rings (SSSR count). The molecular formula is C36H40BrN5O6. The molecule has 0 radical (unpaired) electrons. The molecule has 48 heavy (non-hydrogen) atoms. The van der Waals surface area contributed by atoms with Gasteiger partial charge < -0.3 is 26.4 Å². The van der Waals surface area contributed by atoms with Gasteiger partial charge in [-0.2, -0.15) is 0 Å². The Balaban J connectivity index is 1.41. The summed E-state index contributed by atoms with van der Waals surface area (Å²) >= 11 is 3.55. The summed E-state index contributed by atoms with van der Waals surface area (Å²) in [6, 6.07) is 19.0. The van der Waals surface area contributed by atoms with Gasteiger partial charge in [0, 0.05) is 17.3 Å². The molecule has 2 aliphatic rings. The van der Waals surface area contributed by atoms with E-state index in [-0.39, 0.29) is 19.3 Å². The summed E-state index contributed by atoms with van der Waals surface area (Å²) in [7, 11) is 0. The molecule has 3 atom stereocenters. The zero-order valence-corrected chi connectivity index (χ0v) is 28.7. The third kappa shape index (κ3) is 8.22. The highest BCUT2D eigenvalue weighted by molar-refractivity contribution is 9.10. The van der Waals surface area contributed by atoms with Crippen LogP contribution < -0.4 is 26.6 Å². The molecule has 2 heterocycles. The molecule has 0 saturated carbocycles. The minimum atomic E-state index is -1.13. The highest BCUT2D eigenvalue weighted by Crippen LogP contribution is 2.41. The van der Waals surface area contributed by atoms with Crippen molar-refractivity contribution in [3.8, 4) is 0 Å². The van der Waals surface area contributed by atoms with Crippen LogP contribution in [0.2, 0.25) is 0 Å². The number of rotatable bonds is 10. The van der Waals surface area contributed by atoms with Gasteiger partial charge in [-0.15, -0.1) is 0 Å². The standard InChI is InChI=1S/C36H40BrN5O6/c1-36(2,3)48-35(47)40-27-15-14-23-18-25(37)19-24-20-28(42(31(23)24)34(27)46)33(45)39-26(16-17-29(38)43)32(44)41-30(21-10-6-4-7-11-21)22-12-8-5-9-13-22/h4-13,18-19,26-28,30H,14-17,20H2,1-3H3,(H2,38,43)(H,39,45)(H,40,47)(H,41,44)/t26-,27-,28-/m0/s1. The molecule has 3 aromatic carbocycles. The van der Waals surface area contributed by atoms with Crippen LogP contribution in [0.15, 0.2) is 77.3 Å². The summed E-state index contributed by atoms with van der Waals surface area (Å²) in [6.07, 6.45) is 0.0450. The zero-order valence-electron chi connectivity index (χ0n) is 27.1. The van der Waals surface area contributed by atoms with E-state index in [1.807, 2.05) is 72.8 Å². The number of anilines is 1. The van der Waals surface area contributed by atoms with Crippen LogP contribution in [0.1, 0.15) is 68.3 Å². The van der Waals surface area contributed by atoms with E-state index in [1.54, 1.807) is 20.8 Å². The first-order valence-corrected chi connectivity index (χ1v) is 16.7. The van der Waals surface area contributed by atoms with E-state index >= 15 is 0 Å². The largest absolute Gasteiger partial charge is 0.444 e. The summed E-state index contributed by atoms with van der Waals surface area (Å²) in [5.41, 5.74) is 8.63. The number of halogens is 1. The normalized spacial score (nSPS) is 17.6. The Bertz CT molecular complexity index is 1650. The SMILES string of the molecule is CC(C)(C)OC(=O)N[C@H]1CCc2cc(Br)cc3c2N(C1=O)[C@H](C(=O)N[C@@H](CCC(N)=O)C(=O)NC(c1ccccc1)c1ccccc1)C3. The van der Waals surface area contributed by atoms with Crippen molar-refractivity contribution >= 4 is 51.3 Å². The fourth-order valence-electron chi connectivity index (χ4n) is 6.19. The van der Waals surface area contributed by atoms with Gasteiger partial charge in [-0.25, -0.2) is 4.79 Å². The lowest BCUT2D eigenvalue weighted by molar-refractivity contribution is -0.131. The van der Waals surface area contributed by atoms with E-state index in [2.05, 4.69) is 31.9 Å². The number of hydrogen-bond acceptors (Lipinski definition) is 6. The number of aryl methyl sites for hydroxylation is 1. The van der Waals surface area contributed by atoms with Crippen molar-refractivity contribution in [1.82, 2.24) is 16.0 Å². The van der Waals surface area contributed by atoms with Crippen LogP contribution in [-0.2, 0) is 36.8 Å². The minimum Gasteiger partial charge on any atom is -0.444 e. The summed E-state index contributed by atoms with van der Waals surface area (Å²) in [5.74, 6) is -2.15. The van der Waals surface area contributed by atoms with Crippen LogP contribution >= 0.6 is 15.9 Å². The molecule has 252 valence electrons. The monoisotopic (exact) mass is 717 g/mol. The summed E-state index contributed by atoms with van der Waals surface area (Å²) in [5, 5.41) is 8.58. The lowest BCUT2D eigenvalue weighted by Crippen LogP contribution is -2.57. The molecule has 5 N–H and O–H groups in total. The number of nitrogens with one attached hydrogen (secondary N) is 3. The fraction of sp³-hybridized carbons (Fsp3) is 0.361. The van der Waals surface area contributed by atoms with Gasteiger partial charge in [0.2, 0.25) is 23.6 Å². The molecule has 0 fully saturated rings. The molecule has 5 amide bonds. The fourth-order valence-corrected chi connectivity index (χ4v) is 6.75. The van der Waals surface area contributed by atoms with Gasteiger partial charge in [0.1, 0.15) is 23.7 Å². The van der Waals surface area contributed by atoms with Crippen molar-refractivity contribution in [1.29, 1.82) is 0 Å². The molecule has 11 nitrogen and oxygen atoms in total. The highest BCUT2D eigenvalue weighted by Gasteiger charge is 2.45. The molecule has 2 aliphatic heterocycles. The zero-order chi connectivity index (χ0) is 34.6. The minimum absolute atomic E-state index is 0.0452. The molecule has 12 heteroatoms. The van der Waals surface area contributed by atoms with Crippen LogP contribution in [0.5, 0.6) is 0 Å². The number of carbonyl (C=O) groups excluding carboxylic acids is 5. The van der Waals surface area contributed by atoms with Gasteiger partial charge in [0.25, 0.3) is 0 Å². The van der Waals surface area contributed by atoms with Crippen molar-refractivity contribution in [2.45, 2.75) is 82.6 Å². The molecule has 3 aromatic rings. The number of ether oxygens (including phenoxy) is 1. The molecular weight excluding hydrogens is 678 g/mol. The maximum absolute atomic E-state index is 14.1. The third-order valence-corrected chi connectivity index (χ3v) is 8.75. The van der Waals surface area contributed by atoms with Gasteiger partial charge in [0.15, 0.2) is 0 Å². The number of hydrogen-bond donors (Lipinski definition) is 4. The smallest absolute Gasteiger partial charge is 0.408 e. The average Bonchev–Trinajstić information content (AvgIpc) is 3.36. The van der Waals surface area contributed by atoms with Gasteiger partial charge >= 0.3 is 6.09 Å². The lowest BCUT2D eigenvalue weighted by Gasteiger charge is -2.30. The Morgan fingerprint density at radius 1 is 0.958 bits per heavy atom. The second-order valence-corrected chi connectivity index (χ2v) is 14.0. The maximum Gasteiger partial charge on any atom is 0.408 e. The number of benzene rings is 3. The summed E-state index contributed by atoms with van der Waals surface area (Å²) in [4.78, 5) is 68.1. The first-order valence-electron chi connectivity index (χ1n) is 15.9. The highest BCUT2D eigenvalue weighted by atomic mass is 79.9. The topological polar surface area (TPSA) is 160 Å². The average molecular weight is 719 g/mol. The van der Waals surface area contributed by atoms with E-state index in [4.69, 9.17) is 10.5 Å². The summed E-state index contributed by atoms with van der Waals surface area (Å²) in [6.45, 7) is 5.19. The number of primary amides is 1. The number of alkyl carbamates (subject to hydrolysis) is 1. The first kappa shape index (κ1) is 34.6. The van der Waals surface area contributed by atoms with E-state index in [9.17, 15) is 24.0 Å². The van der Waals surface area contributed by atoms with Crippen molar-refractivity contribution in [2.75, 3.05) is 4.90 Å². The van der Waals surface area contributed by atoms with Gasteiger partial charge in [-0.1, -0.05) is 76.6 Å². The van der Waals surface area contributed by atoms with E-state index in [1.165, 1.54) is 4.90 Å². The van der Waals surface area contributed by atoms with Crippen LogP contribution in [0.4, 0.5) is 10.5 Å². The number of nitrogens with zero attached hydrogens (tertiary/aromatic N) is 1. The van der Waals surface area contributed by atoms with Crippen LogP contribution in [0.3, 0.4) is 0 Å². The van der Waals surface area contributed by atoms with Crippen molar-refractivity contribution < 1.29 is 28.7 Å². The molecule has 0 saturated heterocycles. The first-order chi connectivity index (χ1) is 22.8. The Morgan fingerprint density at radius 2 is 1.56 bits per heavy atom. The predicted octanol–water partition coefficient (Wildman–Crippen LogP) is 4.20. The lowest BCUT2D eigenvalue weighted by atomic mass is 9.98. The molecule has 0 unspecified atom stereocenters. The molecule has 0 aliphatic carbocycles. The van der Waals surface area contributed by atoms with Crippen molar-refractivity contribution in [3.05, 3.63) is 99.5 Å². The van der Waals surface area contributed by atoms with Gasteiger partial charge in [-0.05, 0) is 74.4 Å². The summed E-state index contributed by atoms with van der Waals surface area (Å²) < 4.78 is 6.21. The Morgan fingerprint density at radius 3 is 2.15 bits per heavy atom. The Labute approximate surface area is 288 Å². The Kier molecular flexibility index (Phi) is 10.5. The van der Waals surface area contributed by atoms with E-state index < -0.39 is 59.5 Å². The predicted molar refractivity (Wildman–Crippen MR) is 184 cm³/mol. The maximum atomic E-state index is 14.1. The van der Waals surface area contributed by atoms with Crippen LogP contribution in [0, 0.1) is 0 Å². The Hall–Kier alpha value is -4.71. The number of nitrogens with two attached hydrogens (primary N) is 1. The van der Waals surface area contributed by atoms with Crippen LogP contribution in [-0.4, -0.2) is 53.4 Å². The van der Waals surface area contributed by atoms with Crippen molar-refractivity contribution in [3.63, 3.8) is 0 Å². The van der Waals surface area contributed by atoms with E-state index in [0.29, 0.717) is 18.5 Å². The third-order valence-electron chi connectivity index (χ3n) is 8.29. The molecule has 0 spiro atoms. The molecule has 0 aromatic heterocycles. The molecule has 0 bridgehead atoms. The van der Waals surface area contributed by atoms with Crippen LogP contribution in [0.25, 0.3) is 0 Å². The second-order valence-electron chi connectivity index (χ2n) is 13.1.